The molecule has 0 unspecified atom stereocenters. The van der Waals surface area contributed by atoms with Gasteiger partial charge >= 0.3 is 6.03 Å². The minimum absolute atomic E-state index is 0.517. The zero-order valence-electron chi connectivity index (χ0n) is 6.90. The van der Waals surface area contributed by atoms with E-state index < -0.39 is 6.03 Å². The van der Waals surface area contributed by atoms with E-state index in [1.165, 1.54) is 5.01 Å². The highest BCUT2D eigenvalue weighted by Crippen LogP contribution is 2.22. The molecule has 0 bridgehead atoms. The van der Waals surface area contributed by atoms with E-state index >= 15 is 0 Å². The van der Waals surface area contributed by atoms with E-state index in [2.05, 4.69) is 5.43 Å². The molecule has 0 saturated carbocycles. The van der Waals surface area contributed by atoms with Crippen molar-refractivity contribution in [3.63, 3.8) is 0 Å². The summed E-state index contributed by atoms with van der Waals surface area (Å²) in [5, 5.41) is 1.30. The van der Waals surface area contributed by atoms with Crippen LogP contribution < -0.4 is 16.2 Å². The van der Waals surface area contributed by atoms with E-state index in [9.17, 15) is 4.79 Å². The molecule has 0 radical (unpaired) electrons. The van der Waals surface area contributed by atoms with Crippen molar-refractivity contribution < 1.29 is 4.79 Å². The summed E-state index contributed by atoms with van der Waals surface area (Å²) in [6.07, 6.45) is 3.56. The second kappa shape index (κ2) is 2.82. The molecule has 1 aliphatic rings. The Bertz CT molecular complexity index is 373. The van der Waals surface area contributed by atoms with Crippen molar-refractivity contribution in [2.24, 2.45) is 5.73 Å². The van der Waals surface area contributed by atoms with Gasteiger partial charge in [-0.15, -0.1) is 0 Å². The first kappa shape index (κ1) is 7.67. The number of hydrazine groups is 1. The zero-order valence-corrected chi connectivity index (χ0v) is 6.90. The van der Waals surface area contributed by atoms with Crippen molar-refractivity contribution >= 4 is 17.8 Å². The molecule has 3 N–H and O–H groups in total. The smallest absolute Gasteiger partial charge is 0.338 e. The van der Waals surface area contributed by atoms with Gasteiger partial charge in [-0.05, 0) is 12.1 Å². The highest BCUT2D eigenvalue weighted by Gasteiger charge is 2.15. The van der Waals surface area contributed by atoms with Crippen LogP contribution in [-0.2, 0) is 0 Å². The summed E-state index contributed by atoms with van der Waals surface area (Å²) in [6.45, 7) is 0. The van der Waals surface area contributed by atoms with Crippen LogP contribution in [0.2, 0.25) is 0 Å². The Morgan fingerprint density at radius 3 is 2.92 bits per heavy atom. The van der Waals surface area contributed by atoms with Gasteiger partial charge in [-0.2, -0.15) is 0 Å². The maximum atomic E-state index is 11.0. The summed E-state index contributed by atoms with van der Waals surface area (Å²) in [5.41, 5.74) is 9.67. The van der Waals surface area contributed by atoms with Gasteiger partial charge in [0.1, 0.15) is 0 Å². The molecule has 0 aromatic heterocycles. The summed E-state index contributed by atoms with van der Waals surface area (Å²) in [5.74, 6) is 0. The van der Waals surface area contributed by atoms with Crippen LogP contribution in [0.3, 0.4) is 0 Å². The van der Waals surface area contributed by atoms with E-state index in [4.69, 9.17) is 5.73 Å². The van der Waals surface area contributed by atoms with Crippen LogP contribution in [0, 0.1) is 0 Å². The van der Waals surface area contributed by atoms with Gasteiger partial charge in [-0.3, -0.25) is 5.43 Å². The third kappa shape index (κ3) is 1.22. The lowest BCUT2D eigenvalue weighted by molar-refractivity contribution is 0.252. The Morgan fingerprint density at radius 1 is 1.38 bits per heavy atom. The molecule has 0 saturated heterocycles. The number of hydrogen-bond donors (Lipinski definition) is 2. The van der Waals surface area contributed by atoms with Crippen molar-refractivity contribution in [2.45, 2.75) is 0 Å². The lowest BCUT2D eigenvalue weighted by atomic mass is 10.1. The first-order valence-electron chi connectivity index (χ1n) is 3.90. The number of carbonyl (C=O) groups is 1. The molecule has 1 aliphatic heterocycles. The Labute approximate surface area is 75.6 Å². The van der Waals surface area contributed by atoms with E-state index in [1.807, 2.05) is 30.3 Å². The number of nitrogens with two attached hydrogens (primary N) is 1. The number of para-hydroxylation sites is 1. The Balaban J connectivity index is 2.49. The minimum atomic E-state index is -0.517. The first-order valence-corrected chi connectivity index (χ1v) is 3.90. The van der Waals surface area contributed by atoms with Gasteiger partial charge < -0.3 is 5.73 Å². The highest BCUT2D eigenvalue weighted by atomic mass is 16.2. The monoisotopic (exact) mass is 175 g/mol. The summed E-state index contributed by atoms with van der Waals surface area (Å²) in [6, 6.07) is 7.00. The topological polar surface area (TPSA) is 58.4 Å². The minimum Gasteiger partial charge on any atom is -0.350 e. The Morgan fingerprint density at radius 2 is 2.15 bits per heavy atom. The second-order valence-electron chi connectivity index (χ2n) is 2.69. The molecule has 2 rings (SSSR count). The highest BCUT2D eigenvalue weighted by molar-refractivity contribution is 5.93. The molecule has 0 atom stereocenters. The number of benzene rings is 1. The summed E-state index contributed by atoms with van der Waals surface area (Å²) in [7, 11) is 0. The standard InChI is InChI=1S/C9H9N3O/c10-9(13)12-8-4-2-1-3-7(8)5-6-11-12/h1-6,11H,(H2,10,13). The number of primary amides is 1. The van der Waals surface area contributed by atoms with E-state index in [-0.39, 0.29) is 0 Å². The number of nitrogens with zero attached hydrogens (tertiary/aromatic N) is 1. The SMILES string of the molecule is NC(=O)N1NC=Cc2ccccc21. The van der Waals surface area contributed by atoms with Gasteiger partial charge in [0, 0.05) is 11.8 Å². The molecule has 66 valence electrons. The number of anilines is 1. The van der Waals surface area contributed by atoms with Gasteiger partial charge in [0.15, 0.2) is 0 Å². The predicted octanol–water partition coefficient (Wildman–Crippen LogP) is 1.06. The van der Waals surface area contributed by atoms with Crippen molar-refractivity contribution in [1.82, 2.24) is 5.43 Å². The molecular weight excluding hydrogens is 166 g/mol. The van der Waals surface area contributed by atoms with Crippen molar-refractivity contribution in [2.75, 3.05) is 5.01 Å². The molecule has 4 nitrogen and oxygen atoms in total. The predicted molar refractivity (Wildman–Crippen MR) is 50.7 cm³/mol. The Kier molecular flexibility index (Phi) is 1.66. The Hall–Kier alpha value is -1.97. The number of rotatable bonds is 0. The number of urea groups is 1. The maximum Gasteiger partial charge on any atom is 0.338 e. The lowest BCUT2D eigenvalue weighted by Gasteiger charge is -2.24. The zero-order chi connectivity index (χ0) is 9.26. The quantitative estimate of drug-likeness (QED) is 0.619. The molecule has 0 fully saturated rings. The lowest BCUT2D eigenvalue weighted by Crippen LogP contribution is -2.45. The molecule has 0 spiro atoms. The molecular formula is C9H9N3O. The van der Waals surface area contributed by atoms with Crippen molar-refractivity contribution in [1.29, 1.82) is 0 Å². The van der Waals surface area contributed by atoms with Gasteiger partial charge in [0.05, 0.1) is 5.69 Å². The van der Waals surface area contributed by atoms with E-state index in [0.29, 0.717) is 0 Å². The van der Waals surface area contributed by atoms with Crippen LogP contribution in [0.1, 0.15) is 5.56 Å². The number of amides is 2. The van der Waals surface area contributed by atoms with Gasteiger partial charge in [-0.1, -0.05) is 18.2 Å². The molecule has 1 aromatic rings. The molecule has 13 heavy (non-hydrogen) atoms. The summed E-state index contributed by atoms with van der Waals surface area (Å²) in [4.78, 5) is 11.0. The first-order chi connectivity index (χ1) is 6.29. The average molecular weight is 175 g/mol. The largest absolute Gasteiger partial charge is 0.350 e. The molecule has 0 aliphatic carbocycles. The summed E-state index contributed by atoms with van der Waals surface area (Å²) >= 11 is 0. The van der Waals surface area contributed by atoms with Crippen LogP contribution >= 0.6 is 0 Å². The van der Waals surface area contributed by atoms with Crippen LogP contribution in [0.15, 0.2) is 30.5 Å². The second-order valence-corrected chi connectivity index (χ2v) is 2.69. The van der Waals surface area contributed by atoms with Crippen molar-refractivity contribution in [3.8, 4) is 0 Å². The van der Waals surface area contributed by atoms with Crippen molar-refractivity contribution in [3.05, 3.63) is 36.0 Å². The normalized spacial score (nSPS) is 13.4. The van der Waals surface area contributed by atoms with Crippen LogP contribution in [0.5, 0.6) is 0 Å². The van der Waals surface area contributed by atoms with Crippen LogP contribution in [0.4, 0.5) is 10.5 Å². The molecule has 2 amide bonds. The summed E-state index contributed by atoms with van der Waals surface area (Å²) < 4.78 is 0. The molecule has 1 heterocycles. The fraction of sp³-hybridized carbons (Fsp3) is 0. The molecule has 4 heteroatoms. The van der Waals surface area contributed by atoms with Gasteiger partial charge in [0.25, 0.3) is 0 Å². The maximum absolute atomic E-state index is 11.0. The number of nitrogens with one attached hydrogen (secondary N) is 1. The fourth-order valence-corrected chi connectivity index (χ4v) is 1.29. The van der Waals surface area contributed by atoms with Crippen LogP contribution in [-0.4, -0.2) is 6.03 Å². The number of hydrogen-bond acceptors (Lipinski definition) is 2. The van der Waals surface area contributed by atoms with Crippen LogP contribution in [0.25, 0.3) is 6.08 Å². The van der Waals surface area contributed by atoms with E-state index in [0.717, 1.165) is 11.3 Å². The number of fused-ring (bicyclic) bond motifs is 1. The number of carbonyl (C=O) groups excluding carboxylic acids is 1. The van der Waals surface area contributed by atoms with Gasteiger partial charge in [-0.25, -0.2) is 9.80 Å². The third-order valence-corrected chi connectivity index (χ3v) is 1.86. The van der Waals surface area contributed by atoms with Gasteiger partial charge in [0.2, 0.25) is 0 Å². The average Bonchev–Trinajstić information content (AvgIpc) is 2.17. The third-order valence-electron chi connectivity index (χ3n) is 1.86. The van der Waals surface area contributed by atoms with E-state index in [1.54, 1.807) is 6.20 Å². The fourth-order valence-electron chi connectivity index (χ4n) is 1.29. The molecule has 1 aromatic carbocycles.